The van der Waals surface area contributed by atoms with Gasteiger partial charge in [-0.3, -0.25) is 18.8 Å². The van der Waals surface area contributed by atoms with Crippen LogP contribution in [0.1, 0.15) is 34.7 Å². The molecule has 2 aromatic heterocycles. The van der Waals surface area contributed by atoms with Gasteiger partial charge in [0.2, 0.25) is 0 Å². The van der Waals surface area contributed by atoms with E-state index in [1.54, 1.807) is 62.5 Å². The second kappa shape index (κ2) is 11.1. The van der Waals surface area contributed by atoms with Gasteiger partial charge in [0.25, 0.3) is 11.5 Å². The largest absolute Gasteiger partial charge is 0.390 e. The molecular formula is C27H28N8O2S. The molecule has 38 heavy (non-hydrogen) atoms. The van der Waals surface area contributed by atoms with Crippen molar-refractivity contribution in [2.45, 2.75) is 13.0 Å². The fourth-order valence-corrected chi connectivity index (χ4v) is 4.24. The Labute approximate surface area is 224 Å². The van der Waals surface area contributed by atoms with E-state index in [2.05, 4.69) is 22.3 Å². The SMILES string of the molecule is C=CCNc1c(C(=O)NC(C)c2nc3cccc(/C=C/C(N)=S)c3c(=O)n2-c2ccccc2)c(N)nn1C. The summed E-state index contributed by atoms with van der Waals surface area (Å²) in [6, 6.07) is 13.8. The number of fused-ring (bicyclic) bond motifs is 1. The molecule has 0 radical (unpaired) electrons. The number of nitrogens with zero attached hydrogens (tertiary/aromatic N) is 4. The first kappa shape index (κ1) is 26.3. The molecule has 0 fully saturated rings. The Bertz CT molecular complexity index is 1620. The van der Waals surface area contributed by atoms with Gasteiger partial charge in [-0.25, -0.2) is 4.98 Å². The average Bonchev–Trinajstić information content (AvgIpc) is 3.18. The van der Waals surface area contributed by atoms with Crippen LogP contribution in [-0.2, 0) is 7.05 Å². The van der Waals surface area contributed by atoms with Gasteiger partial charge in [-0.05, 0) is 36.8 Å². The monoisotopic (exact) mass is 528 g/mol. The molecule has 1 amide bonds. The van der Waals surface area contributed by atoms with Crippen LogP contribution in [0.25, 0.3) is 22.7 Å². The van der Waals surface area contributed by atoms with E-state index >= 15 is 0 Å². The molecule has 0 spiro atoms. The second-order valence-electron chi connectivity index (χ2n) is 8.52. The Morgan fingerprint density at radius 3 is 2.63 bits per heavy atom. The van der Waals surface area contributed by atoms with Crippen LogP contribution < -0.4 is 27.7 Å². The Hall–Kier alpha value is -4.77. The topological polar surface area (TPSA) is 146 Å². The number of carbonyl (C=O) groups is 1. The lowest BCUT2D eigenvalue weighted by molar-refractivity contribution is 0.0939. The van der Waals surface area contributed by atoms with Gasteiger partial charge in [-0.15, -0.1) is 6.58 Å². The van der Waals surface area contributed by atoms with E-state index < -0.39 is 11.9 Å². The molecule has 10 nitrogen and oxygen atoms in total. The summed E-state index contributed by atoms with van der Waals surface area (Å²) in [6.07, 6.45) is 4.91. The van der Waals surface area contributed by atoms with Gasteiger partial charge in [-0.1, -0.05) is 54.7 Å². The molecule has 4 aromatic rings. The summed E-state index contributed by atoms with van der Waals surface area (Å²) in [5.74, 6) is 0.413. The van der Waals surface area contributed by atoms with Gasteiger partial charge in [0.15, 0.2) is 5.82 Å². The minimum Gasteiger partial charge on any atom is -0.390 e. The number of thiocarbonyl (C=S) groups is 1. The number of nitrogens with two attached hydrogens (primary N) is 2. The zero-order valence-electron chi connectivity index (χ0n) is 21.0. The Balaban J connectivity index is 1.85. The highest BCUT2D eigenvalue weighted by atomic mass is 32.1. The molecule has 1 unspecified atom stereocenters. The number of rotatable bonds is 9. The first-order valence-electron chi connectivity index (χ1n) is 11.8. The number of amides is 1. The van der Waals surface area contributed by atoms with Gasteiger partial charge in [0.05, 0.1) is 27.6 Å². The number of benzene rings is 2. The van der Waals surface area contributed by atoms with E-state index in [1.807, 2.05) is 18.2 Å². The van der Waals surface area contributed by atoms with E-state index in [4.69, 9.17) is 28.7 Å². The molecule has 0 aliphatic carbocycles. The number of hydrogen-bond acceptors (Lipinski definition) is 7. The number of anilines is 2. The summed E-state index contributed by atoms with van der Waals surface area (Å²) >= 11 is 4.96. The lowest BCUT2D eigenvalue weighted by Gasteiger charge is -2.20. The lowest BCUT2D eigenvalue weighted by atomic mass is 10.1. The van der Waals surface area contributed by atoms with Crippen LogP contribution >= 0.6 is 12.2 Å². The molecular weight excluding hydrogens is 500 g/mol. The van der Waals surface area contributed by atoms with Crippen LogP contribution in [0, 0.1) is 0 Å². The number of aryl methyl sites for hydroxylation is 1. The maximum Gasteiger partial charge on any atom is 0.266 e. The molecule has 2 heterocycles. The van der Waals surface area contributed by atoms with E-state index in [0.717, 1.165) is 0 Å². The molecule has 2 aromatic carbocycles. The first-order valence-corrected chi connectivity index (χ1v) is 12.2. The van der Waals surface area contributed by atoms with E-state index in [9.17, 15) is 9.59 Å². The number of para-hydroxylation sites is 1. The van der Waals surface area contributed by atoms with Crippen molar-refractivity contribution in [1.29, 1.82) is 0 Å². The summed E-state index contributed by atoms with van der Waals surface area (Å²) in [4.78, 5) is 32.4. The summed E-state index contributed by atoms with van der Waals surface area (Å²) in [5, 5.41) is 10.6. The number of aromatic nitrogens is 4. The number of hydrogen-bond donors (Lipinski definition) is 4. The van der Waals surface area contributed by atoms with Gasteiger partial charge in [0, 0.05) is 13.6 Å². The standard InChI is InChI=1S/C27H28N8O2S/c1-4-15-30-25-22(23(29)33-34(25)3)26(36)31-16(2)24-32-19-12-8-9-17(13-14-20(28)38)21(19)27(37)35(24)18-10-6-5-7-11-18/h4-14,16,30H,1,15H2,2-3H3,(H2,28,38)(H2,29,33)(H,31,36)/b14-13+. The minimum atomic E-state index is -0.678. The summed E-state index contributed by atoms with van der Waals surface area (Å²) in [6.45, 7) is 5.86. The normalized spacial score (nSPS) is 11.9. The van der Waals surface area contributed by atoms with Crippen molar-refractivity contribution in [2.24, 2.45) is 12.8 Å². The van der Waals surface area contributed by atoms with Crippen molar-refractivity contribution in [2.75, 3.05) is 17.6 Å². The lowest BCUT2D eigenvalue weighted by Crippen LogP contribution is -2.34. The molecule has 0 aliphatic heterocycles. The van der Waals surface area contributed by atoms with Gasteiger partial charge < -0.3 is 22.1 Å². The molecule has 1 atom stereocenters. The zero-order chi connectivity index (χ0) is 27.4. The molecule has 0 aliphatic rings. The smallest absolute Gasteiger partial charge is 0.266 e. The Morgan fingerprint density at radius 1 is 1.21 bits per heavy atom. The van der Waals surface area contributed by atoms with Crippen molar-refractivity contribution in [1.82, 2.24) is 24.6 Å². The highest BCUT2D eigenvalue weighted by molar-refractivity contribution is 7.80. The van der Waals surface area contributed by atoms with Crippen LogP contribution in [0.2, 0.25) is 0 Å². The fraction of sp³-hybridized carbons (Fsp3) is 0.148. The van der Waals surface area contributed by atoms with E-state index in [1.165, 1.54) is 9.25 Å². The molecule has 0 bridgehead atoms. The van der Waals surface area contributed by atoms with Crippen LogP contribution in [-0.4, -0.2) is 36.8 Å². The second-order valence-corrected chi connectivity index (χ2v) is 8.99. The summed E-state index contributed by atoms with van der Waals surface area (Å²) < 4.78 is 2.99. The maximum atomic E-state index is 14.0. The maximum absolute atomic E-state index is 14.0. The number of nitrogen functional groups attached to an aromatic ring is 1. The van der Waals surface area contributed by atoms with Crippen molar-refractivity contribution in [3.05, 3.63) is 94.6 Å². The number of carbonyl (C=O) groups excluding carboxylic acids is 1. The third-order valence-corrected chi connectivity index (χ3v) is 5.98. The average molecular weight is 529 g/mol. The minimum absolute atomic E-state index is 0.0740. The third-order valence-electron chi connectivity index (χ3n) is 5.85. The molecule has 0 saturated heterocycles. The van der Waals surface area contributed by atoms with E-state index in [-0.39, 0.29) is 21.9 Å². The molecule has 6 N–H and O–H groups in total. The number of nitrogens with one attached hydrogen (secondary N) is 2. The van der Waals surface area contributed by atoms with E-state index in [0.29, 0.717) is 40.3 Å². The zero-order valence-corrected chi connectivity index (χ0v) is 21.8. The van der Waals surface area contributed by atoms with Crippen molar-refractivity contribution >= 4 is 51.7 Å². The summed E-state index contributed by atoms with van der Waals surface area (Å²) in [7, 11) is 1.68. The quantitative estimate of drug-likeness (QED) is 0.147. The third kappa shape index (κ3) is 5.18. The van der Waals surface area contributed by atoms with Crippen LogP contribution in [0.4, 0.5) is 11.6 Å². The molecule has 4 rings (SSSR count). The van der Waals surface area contributed by atoms with Gasteiger partial charge >= 0.3 is 0 Å². The van der Waals surface area contributed by atoms with Crippen LogP contribution in [0.5, 0.6) is 0 Å². The highest BCUT2D eigenvalue weighted by Gasteiger charge is 2.25. The highest BCUT2D eigenvalue weighted by Crippen LogP contribution is 2.24. The van der Waals surface area contributed by atoms with Gasteiger partial charge in [-0.2, -0.15) is 5.10 Å². The predicted octanol–water partition coefficient (Wildman–Crippen LogP) is 3.09. The Morgan fingerprint density at radius 2 is 1.95 bits per heavy atom. The van der Waals surface area contributed by atoms with Crippen molar-refractivity contribution in [3.8, 4) is 5.69 Å². The molecule has 0 saturated carbocycles. The van der Waals surface area contributed by atoms with Crippen LogP contribution in [0.15, 0.2) is 72.1 Å². The Kier molecular flexibility index (Phi) is 7.68. The van der Waals surface area contributed by atoms with Crippen molar-refractivity contribution < 1.29 is 4.79 Å². The fourth-order valence-electron chi connectivity index (χ4n) is 4.17. The first-order chi connectivity index (χ1) is 18.2. The van der Waals surface area contributed by atoms with Gasteiger partial charge in [0.1, 0.15) is 17.2 Å². The summed E-state index contributed by atoms with van der Waals surface area (Å²) in [5.41, 5.74) is 13.3. The van der Waals surface area contributed by atoms with Crippen LogP contribution in [0.3, 0.4) is 0 Å². The van der Waals surface area contributed by atoms with Crippen molar-refractivity contribution in [3.63, 3.8) is 0 Å². The molecule has 194 valence electrons. The molecule has 11 heteroatoms. The predicted molar refractivity (Wildman–Crippen MR) is 155 cm³/mol.